The normalized spacial score (nSPS) is 13.5. The van der Waals surface area contributed by atoms with Crippen LogP contribution in [0.25, 0.3) is 0 Å². The van der Waals surface area contributed by atoms with Crippen molar-refractivity contribution in [3.63, 3.8) is 0 Å². The molecule has 0 spiro atoms. The molecule has 0 saturated heterocycles. The molecule has 0 atom stereocenters. The van der Waals surface area contributed by atoms with Crippen LogP contribution in [0.15, 0.2) is 0 Å². The minimum absolute atomic E-state index is 0.0188. The first-order valence-electron chi connectivity index (χ1n) is 2.74. The monoisotopic (exact) mass is 261 g/mol. The van der Waals surface area contributed by atoms with E-state index in [1.54, 1.807) is 0 Å². The van der Waals surface area contributed by atoms with Gasteiger partial charge in [0.1, 0.15) is 0 Å². The Morgan fingerprint density at radius 3 is 1.73 bits per heavy atom. The summed E-state index contributed by atoms with van der Waals surface area (Å²) in [4.78, 5) is 9.99. The van der Waals surface area contributed by atoms with Gasteiger partial charge in [-0.3, -0.25) is 0 Å². The Labute approximate surface area is 78.0 Å². The van der Waals surface area contributed by atoms with E-state index in [1.807, 2.05) is 0 Å². The van der Waals surface area contributed by atoms with Crippen molar-refractivity contribution in [2.24, 2.45) is 0 Å². The molecule has 0 aliphatic rings. The van der Waals surface area contributed by atoms with Crippen LogP contribution in [0.4, 0.5) is 31.1 Å². The van der Waals surface area contributed by atoms with Gasteiger partial charge in [-0.05, 0) is 0 Å². The van der Waals surface area contributed by atoms with Crippen LogP contribution in [0.2, 0.25) is 0 Å². The summed E-state index contributed by atoms with van der Waals surface area (Å²) in [5, 5.41) is 0. The number of amides is 1. The fraction of sp³-hybridized carbons (Fsp3) is 0.667. The molecule has 0 aromatic heterocycles. The van der Waals surface area contributed by atoms with Crippen LogP contribution in [-0.2, 0) is 14.8 Å². The third kappa shape index (κ3) is 4.71. The van der Waals surface area contributed by atoms with Gasteiger partial charge in [0.15, 0.2) is 0 Å². The van der Waals surface area contributed by atoms with Crippen LogP contribution < -0.4 is 4.72 Å². The molecule has 0 bridgehead atoms. The second-order valence-corrected chi connectivity index (χ2v) is 3.56. The highest BCUT2D eigenvalue weighted by molar-refractivity contribution is 7.90. The van der Waals surface area contributed by atoms with Crippen LogP contribution in [0.5, 0.6) is 0 Å². The Hall–Kier alpha value is -1.20. The first-order valence-corrected chi connectivity index (χ1v) is 4.22. The summed E-state index contributed by atoms with van der Waals surface area (Å²) in [6.07, 6.45) is -8.37. The third-order valence-electron chi connectivity index (χ3n) is 0.731. The lowest BCUT2D eigenvalue weighted by molar-refractivity contribution is -0.290. The number of hydrogen-bond donors (Lipinski definition) is 1. The maximum atomic E-state index is 11.5. The van der Waals surface area contributed by atoms with E-state index in [0.29, 0.717) is 0 Å². The second kappa shape index (κ2) is 3.75. The number of hydrogen-bond acceptors (Lipinski definition) is 4. The molecule has 0 aromatic rings. The van der Waals surface area contributed by atoms with Gasteiger partial charge in [0.2, 0.25) is 0 Å². The second-order valence-electron chi connectivity index (χ2n) is 1.89. The highest BCUT2D eigenvalue weighted by Crippen LogP contribution is 2.22. The number of halogens is 6. The molecule has 1 amide bonds. The van der Waals surface area contributed by atoms with Gasteiger partial charge in [-0.1, -0.05) is 0 Å². The smallest absolute Gasteiger partial charge is 0.355 e. The maximum Gasteiger partial charge on any atom is 0.576 e. The Morgan fingerprint density at radius 1 is 1.07 bits per heavy atom. The molecule has 0 fully saturated rings. The molecular weight excluding hydrogens is 260 g/mol. The van der Waals surface area contributed by atoms with Crippen LogP contribution in [0, 0.1) is 0 Å². The van der Waals surface area contributed by atoms with Gasteiger partial charge in [-0.25, -0.2) is 9.52 Å². The molecule has 0 rings (SSSR count). The van der Waals surface area contributed by atoms with Crippen LogP contribution >= 0.6 is 0 Å². The first-order chi connectivity index (χ1) is 6.35. The van der Waals surface area contributed by atoms with Crippen molar-refractivity contribution in [1.82, 2.24) is 4.72 Å². The summed E-state index contributed by atoms with van der Waals surface area (Å²) < 4.78 is 90.6. The predicted octanol–water partition coefficient (Wildman–Crippen LogP) is 1.08. The van der Waals surface area contributed by atoms with E-state index in [2.05, 4.69) is 4.74 Å². The number of sulfonamides is 1. The van der Waals surface area contributed by atoms with Crippen molar-refractivity contribution in [2.75, 3.05) is 0 Å². The topological polar surface area (TPSA) is 72.5 Å². The summed E-state index contributed by atoms with van der Waals surface area (Å²) in [6.45, 7) is 0. The van der Waals surface area contributed by atoms with Gasteiger partial charge < -0.3 is 4.74 Å². The van der Waals surface area contributed by atoms with Crippen molar-refractivity contribution in [3.05, 3.63) is 0 Å². The summed E-state index contributed by atoms with van der Waals surface area (Å²) in [5.74, 6) is 0. The molecule has 5 nitrogen and oxygen atoms in total. The minimum atomic E-state index is -6.19. The molecular formula is C3HF6NO4S. The molecule has 0 aromatic carbocycles. The van der Waals surface area contributed by atoms with Crippen molar-refractivity contribution in [3.8, 4) is 0 Å². The average Bonchev–Trinajstić information content (AvgIpc) is 1.75. The van der Waals surface area contributed by atoms with E-state index in [9.17, 15) is 39.6 Å². The Bertz CT molecular complexity index is 340. The lowest BCUT2D eigenvalue weighted by Gasteiger charge is -2.10. The minimum Gasteiger partial charge on any atom is -0.355 e. The third-order valence-corrected chi connectivity index (χ3v) is 1.78. The van der Waals surface area contributed by atoms with Gasteiger partial charge in [0.25, 0.3) is 0 Å². The molecule has 0 radical (unpaired) electrons. The molecule has 0 aliphatic heterocycles. The number of nitrogens with one attached hydrogen (secondary N) is 1. The largest absolute Gasteiger partial charge is 0.576 e. The van der Waals surface area contributed by atoms with Gasteiger partial charge in [0.05, 0.1) is 0 Å². The molecule has 0 heterocycles. The standard InChI is InChI=1S/C3HF6NO4S/c4-2(5,6)14-1(11)10-15(12,13)3(7,8)9/h(H,10,11). The number of ether oxygens (including phenoxy) is 1. The summed E-state index contributed by atoms with van der Waals surface area (Å²) in [7, 11) is -6.19. The van der Waals surface area contributed by atoms with Gasteiger partial charge >= 0.3 is 28.0 Å². The van der Waals surface area contributed by atoms with Crippen molar-refractivity contribution in [2.45, 2.75) is 11.9 Å². The van der Waals surface area contributed by atoms with Crippen molar-refractivity contribution < 1.29 is 44.3 Å². The zero-order chi connectivity index (χ0) is 12.5. The maximum absolute atomic E-state index is 11.5. The van der Waals surface area contributed by atoms with E-state index in [1.165, 1.54) is 0 Å². The Kier molecular flexibility index (Phi) is 3.45. The van der Waals surface area contributed by atoms with E-state index < -0.39 is 28.0 Å². The fourth-order valence-corrected chi connectivity index (χ4v) is 0.670. The first kappa shape index (κ1) is 13.8. The quantitative estimate of drug-likeness (QED) is 0.717. The summed E-state index contributed by atoms with van der Waals surface area (Å²) in [5.41, 5.74) is -5.91. The Balaban J connectivity index is 4.58. The predicted molar refractivity (Wildman–Crippen MR) is 30.6 cm³/mol. The number of alkyl halides is 6. The molecule has 1 N–H and O–H groups in total. The lowest BCUT2D eigenvalue weighted by Crippen LogP contribution is -2.42. The molecule has 90 valence electrons. The average molecular weight is 261 g/mol. The molecule has 0 unspecified atom stereocenters. The van der Waals surface area contributed by atoms with E-state index in [0.717, 1.165) is 0 Å². The lowest BCUT2D eigenvalue weighted by atomic mass is 11.2. The highest BCUT2D eigenvalue weighted by Gasteiger charge is 2.48. The van der Waals surface area contributed by atoms with Crippen LogP contribution in [0.1, 0.15) is 0 Å². The fourth-order valence-electron chi connectivity index (χ4n) is 0.294. The molecule has 0 aliphatic carbocycles. The van der Waals surface area contributed by atoms with E-state index in [-0.39, 0.29) is 4.72 Å². The van der Waals surface area contributed by atoms with Gasteiger partial charge in [-0.15, -0.1) is 13.2 Å². The zero-order valence-electron chi connectivity index (χ0n) is 6.31. The molecule has 0 saturated carbocycles. The number of rotatable bonds is 1. The van der Waals surface area contributed by atoms with E-state index >= 15 is 0 Å². The van der Waals surface area contributed by atoms with Crippen molar-refractivity contribution in [1.29, 1.82) is 0 Å². The number of carbonyl (C=O) groups excluding carboxylic acids is 1. The van der Waals surface area contributed by atoms with E-state index in [4.69, 9.17) is 0 Å². The molecule has 15 heavy (non-hydrogen) atoms. The molecule has 12 heteroatoms. The number of carbonyl (C=O) groups is 1. The zero-order valence-corrected chi connectivity index (χ0v) is 7.13. The van der Waals surface area contributed by atoms with Gasteiger partial charge in [0, 0.05) is 0 Å². The van der Waals surface area contributed by atoms with Crippen LogP contribution in [0.3, 0.4) is 0 Å². The van der Waals surface area contributed by atoms with Crippen LogP contribution in [-0.4, -0.2) is 26.4 Å². The summed E-state index contributed by atoms with van der Waals surface area (Å²) in [6, 6.07) is 0. The van der Waals surface area contributed by atoms with Crippen molar-refractivity contribution >= 4 is 16.1 Å². The highest BCUT2D eigenvalue weighted by atomic mass is 32.2. The Morgan fingerprint density at radius 2 is 1.47 bits per heavy atom. The van der Waals surface area contributed by atoms with Gasteiger partial charge in [-0.2, -0.15) is 21.6 Å². The summed E-state index contributed by atoms with van der Waals surface area (Å²) >= 11 is 0. The SMILES string of the molecule is O=C(NS(=O)(=O)C(F)(F)F)OC(F)(F)F.